The second-order valence-corrected chi connectivity index (χ2v) is 2.91. The number of ether oxygens (including phenoxy) is 2. The number of aromatic amines is 2. The molecule has 0 bridgehead atoms. The molecule has 74 valence electrons. The summed E-state index contributed by atoms with van der Waals surface area (Å²) >= 11 is 0. The van der Waals surface area contributed by atoms with Crippen molar-refractivity contribution in [2.24, 2.45) is 0 Å². The molecule has 2 N–H and O–H groups in total. The second-order valence-electron chi connectivity index (χ2n) is 2.91. The zero-order valence-corrected chi connectivity index (χ0v) is 8.13. The molecule has 0 fully saturated rings. The normalized spacial score (nSPS) is 10.1. The lowest BCUT2D eigenvalue weighted by Gasteiger charge is -1.91. The number of rotatable bonds is 3. The van der Waals surface area contributed by atoms with Gasteiger partial charge in [0.05, 0.1) is 25.6 Å². The van der Waals surface area contributed by atoms with E-state index < -0.39 is 0 Å². The van der Waals surface area contributed by atoms with E-state index >= 15 is 0 Å². The van der Waals surface area contributed by atoms with Crippen LogP contribution >= 0.6 is 0 Å². The number of hydrogen-bond donors (Lipinski definition) is 2. The first-order chi connectivity index (χ1) is 6.83. The third kappa shape index (κ3) is 1.46. The molecular formula is C10H12N2O2. The molecule has 14 heavy (non-hydrogen) atoms. The Bertz CT molecular complexity index is 377. The lowest BCUT2D eigenvalue weighted by Crippen LogP contribution is -1.77. The molecule has 0 saturated carbocycles. The fourth-order valence-corrected chi connectivity index (χ4v) is 1.30. The van der Waals surface area contributed by atoms with Gasteiger partial charge in [-0.1, -0.05) is 0 Å². The fourth-order valence-electron chi connectivity index (χ4n) is 1.30. The van der Waals surface area contributed by atoms with Gasteiger partial charge in [0.1, 0.15) is 11.5 Å². The Balaban J connectivity index is 2.29. The highest BCUT2D eigenvalue weighted by molar-refractivity contribution is 5.59. The first kappa shape index (κ1) is 8.74. The monoisotopic (exact) mass is 192 g/mol. The maximum absolute atomic E-state index is 5.07. The van der Waals surface area contributed by atoms with Crippen molar-refractivity contribution in [1.82, 2.24) is 9.97 Å². The molecule has 2 rings (SSSR count). The van der Waals surface area contributed by atoms with Crippen molar-refractivity contribution in [2.75, 3.05) is 14.2 Å². The number of aromatic nitrogens is 2. The van der Waals surface area contributed by atoms with Gasteiger partial charge in [0.25, 0.3) is 0 Å². The van der Waals surface area contributed by atoms with Crippen LogP contribution in [0.15, 0.2) is 24.5 Å². The van der Waals surface area contributed by atoms with E-state index in [1.54, 1.807) is 14.2 Å². The van der Waals surface area contributed by atoms with Gasteiger partial charge in [0.15, 0.2) is 0 Å². The van der Waals surface area contributed by atoms with Crippen molar-refractivity contribution >= 4 is 0 Å². The van der Waals surface area contributed by atoms with Crippen LogP contribution in [0.2, 0.25) is 0 Å². The smallest absolute Gasteiger partial charge is 0.136 e. The van der Waals surface area contributed by atoms with E-state index in [1.807, 2.05) is 24.5 Å². The van der Waals surface area contributed by atoms with E-state index in [4.69, 9.17) is 9.47 Å². The summed E-state index contributed by atoms with van der Waals surface area (Å²) in [5.41, 5.74) is 1.95. The summed E-state index contributed by atoms with van der Waals surface area (Å²) < 4.78 is 10.1. The summed E-state index contributed by atoms with van der Waals surface area (Å²) in [6.07, 6.45) is 3.62. The molecule has 2 heterocycles. The van der Waals surface area contributed by atoms with Crippen LogP contribution in [0.5, 0.6) is 11.5 Å². The first-order valence-electron chi connectivity index (χ1n) is 4.28. The van der Waals surface area contributed by atoms with E-state index in [0.29, 0.717) is 0 Å². The van der Waals surface area contributed by atoms with Crippen LogP contribution in [0, 0.1) is 0 Å². The standard InChI is InChI=1S/C10H12N2O2/c1-13-7-3-9(11-5-7)10-4-8(14-2)6-12-10/h3-6,11-12H,1-2H3. The molecule has 0 aliphatic rings. The van der Waals surface area contributed by atoms with Crippen molar-refractivity contribution in [2.45, 2.75) is 0 Å². The molecule has 2 aromatic rings. The van der Waals surface area contributed by atoms with Crippen molar-refractivity contribution in [1.29, 1.82) is 0 Å². The van der Waals surface area contributed by atoms with E-state index in [9.17, 15) is 0 Å². The molecule has 0 aliphatic carbocycles. The Morgan fingerprint density at radius 2 is 1.29 bits per heavy atom. The first-order valence-corrected chi connectivity index (χ1v) is 4.28. The van der Waals surface area contributed by atoms with Crippen LogP contribution in [0.3, 0.4) is 0 Å². The van der Waals surface area contributed by atoms with Gasteiger partial charge in [-0.15, -0.1) is 0 Å². The van der Waals surface area contributed by atoms with Crippen LogP contribution in [0.1, 0.15) is 0 Å². The second kappa shape index (κ2) is 3.49. The Hall–Kier alpha value is -1.84. The minimum absolute atomic E-state index is 0.813. The summed E-state index contributed by atoms with van der Waals surface area (Å²) in [5, 5.41) is 0. The van der Waals surface area contributed by atoms with Gasteiger partial charge in [-0.25, -0.2) is 0 Å². The molecule has 0 aromatic carbocycles. The molecule has 0 saturated heterocycles. The Labute approximate surface area is 81.9 Å². The third-order valence-corrected chi connectivity index (χ3v) is 2.07. The number of H-pyrrole nitrogens is 2. The summed E-state index contributed by atoms with van der Waals surface area (Å²) in [6, 6.07) is 3.84. The lowest BCUT2D eigenvalue weighted by atomic mass is 10.3. The molecule has 4 nitrogen and oxygen atoms in total. The number of hydrogen-bond acceptors (Lipinski definition) is 2. The van der Waals surface area contributed by atoms with Crippen LogP contribution in [-0.4, -0.2) is 24.2 Å². The molecule has 0 unspecified atom stereocenters. The Morgan fingerprint density at radius 1 is 0.857 bits per heavy atom. The van der Waals surface area contributed by atoms with Crippen LogP contribution < -0.4 is 9.47 Å². The molecular weight excluding hydrogens is 180 g/mol. The fraction of sp³-hybridized carbons (Fsp3) is 0.200. The van der Waals surface area contributed by atoms with Crippen molar-refractivity contribution < 1.29 is 9.47 Å². The molecule has 0 aliphatic heterocycles. The SMILES string of the molecule is COc1c[nH]c(-c2cc(OC)c[nH]2)c1. The van der Waals surface area contributed by atoms with Crippen LogP contribution in [0.25, 0.3) is 11.4 Å². The third-order valence-electron chi connectivity index (χ3n) is 2.07. The molecule has 0 radical (unpaired) electrons. The largest absolute Gasteiger partial charge is 0.495 e. The van der Waals surface area contributed by atoms with Gasteiger partial charge in [-0.05, 0) is 0 Å². The molecule has 0 amide bonds. The average Bonchev–Trinajstić information content (AvgIpc) is 2.86. The van der Waals surface area contributed by atoms with Gasteiger partial charge < -0.3 is 19.4 Å². The highest BCUT2D eigenvalue weighted by atomic mass is 16.5. The summed E-state index contributed by atoms with van der Waals surface area (Å²) in [5.74, 6) is 1.63. The van der Waals surface area contributed by atoms with E-state index in [-0.39, 0.29) is 0 Å². The predicted octanol–water partition coefficient (Wildman–Crippen LogP) is 2.03. The topological polar surface area (TPSA) is 50.0 Å². The zero-order chi connectivity index (χ0) is 9.97. The summed E-state index contributed by atoms with van der Waals surface area (Å²) in [7, 11) is 3.28. The minimum atomic E-state index is 0.813. The Kier molecular flexibility index (Phi) is 2.18. The van der Waals surface area contributed by atoms with Gasteiger partial charge in [0, 0.05) is 24.5 Å². The van der Waals surface area contributed by atoms with E-state index in [2.05, 4.69) is 9.97 Å². The van der Waals surface area contributed by atoms with E-state index in [0.717, 1.165) is 22.9 Å². The minimum Gasteiger partial charge on any atom is -0.495 e. The molecule has 0 atom stereocenters. The van der Waals surface area contributed by atoms with Gasteiger partial charge in [-0.3, -0.25) is 0 Å². The van der Waals surface area contributed by atoms with Crippen LogP contribution in [-0.2, 0) is 0 Å². The summed E-state index contributed by atoms with van der Waals surface area (Å²) in [4.78, 5) is 6.20. The van der Waals surface area contributed by atoms with Crippen molar-refractivity contribution in [3.63, 3.8) is 0 Å². The quantitative estimate of drug-likeness (QED) is 0.781. The van der Waals surface area contributed by atoms with Gasteiger partial charge in [-0.2, -0.15) is 0 Å². The lowest BCUT2D eigenvalue weighted by molar-refractivity contribution is 0.415. The maximum atomic E-state index is 5.07. The van der Waals surface area contributed by atoms with Gasteiger partial charge in [0.2, 0.25) is 0 Å². The zero-order valence-electron chi connectivity index (χ0n) is 8.13. The van der Waals surface area contributed by atoms with Gasteiger partial charge >= 0.3 is 0 Å². The Morgan fingerprint density at radius 3 is 1.57 bits per heavy atom. The molecule has 0 spiro atoms. The average molecular weight is 192 g/mol. The number of methoxy groups -OCH3 is 2. The highest BCUT2D eigenvalue weighted by Crippen LogP contribution is 2.24. The van der Waals surface area contributed by atoms with E-state index in [1.165, 1.54) is 0 Å². The number of nitrogens with one attached hydrogen (secondary N) is 2. The molecule has 2 aromatic heterocycles. The van der Waals surface area contributed by atoms with Crippen molar-refractivity contribution in [3.8, 4) is 22.9 Å². The molecule has 4 heteroatoms. The highest BCUT2D eigenvalue weighted by Gasteiger charge is 2.04. The van der Waals surface area contributed by atoms with Crippen LogP contribution in [0.4, 0.5) is 0 Å². The van der Waals surface area contributed by atoms with Crippen molar-refractivity contribution in [3.05, 3.63) is 24.5 Å². The maximum Gasteiger partial charge on any atom is 0.136 e. The summed E-state index contributed by atoms with van der Waals surface area (Å²) in [6.45, 7) is 0. The predicted molar refractivity (Wildman–Crippen MR) is 53.7 cm³/mol.